The molecule has 1 aliphatic rings. The fourth-order valence-corrected chi connectivity index (χ4v) is 5.40. The van der Waals surface area contributed by atoms with Crippen LogP contribution in [0.25, 0.3) is 11.0 Å². The predicted octanol–water partition coefficient (Wildman–Crippen LogP) is 2.59. The number of carbonyl (C=O) groups is 1. The Hall–Kier alpha value is -2.39. The van der Waals surface area contributed by atoms with Gasteiger partial charge >= 0.3 is 0 Å². The Morgan fingerprint density at radius 3 is 2.96 bits per heavy atom. The highest BCUT2D eigenvalue weighted by Crippen LogP contribution is 2.33. The summed E-state index contributed by atoms with van der Waals surface area (Å²) in [7, 11) is -3.76. The molecule has 1 aromatic carbocycles. The van der Waals surface area contributed by atoms with Crippen molar-refractivity contribution in [1.82, 2.24) is 10.1 Å². The highest BCUT2D eigenvalue weighted by atomic mass is 32.2. The molecule has 3 aromatic rings. The third kappa shape index (κ3) is 2.89. The van der Waals surface area contributed by atoms with Crippen LogP contribution >= 0.6 is 11.3 Å². The third-order valence-corrected chi connectivity index (χ3v) is 7.21. The number of aromatic nitrogens is 1. The van der Waals surface area contributed by atoms with Crippen LogP contribution in [0.5, 0.6) is 0 Å². The Morgan fingerprint density at radius 1 is 1.36 bits per heavy atom. The van der Waals surface area contributed by atoms with Gasteiger partial charge in [0.15, 0.2) is 11.4 Å². The van der Waals surface area contributed by atoms with Gasteiger partial charge in [0.25, 0.3) is 10.0 Å². The van der Waals surface area contributed by atoms with E-state index in [-0.39, 0.29) is 15.9 Å². The van der Waals surface area contributed by atoms with E-state index in [1.165, 1.54) is 18.3 Å². The van der Waals surface area contributed by atoms with Crippen molar-refractivity contribution >= 4 is 44.1 Å². The van der Waals surface area contributed by atoms with Gasteiger partial charge in [0.2, 0.25) is 5.91 Å². The summed E-state index contributed by atoms with van der Waals surface area (Å²) in [6.45, 7) is 2.58. The van der Waals surface area contributed by atoms with E-state index in [1.54, 1.807) is 35.2 Å². The molecule has 0 atom stereocenters. The van der Waals surface area contributed by atoms with E-state index < -0.39 is 10.0 Å². The zero-order chi connectivity index (χ0) is 17.6. The van der Waals surface area contributed by atoms with Crippen LogP contribution in [-0.2, 0) is 27.8 Å². The molecule has 7 nitrogen and oxygen atoms in total. The van der Waals surface area contributed by atoms with Gasteiger partial charge in [-0.3, -0.25) is 9.52 Å². The first kappa shape index (κ1) is 16.1. The fourth-order valence-electron chi connectivity index (χ4n) is 2.84. The van der Waals surface area contributed by atoms with Crippen molar-refractivity contribution in [3.05, 3.63) is 40.8 Å². The smallest absolute Gasteiger partial charge is 0.272 e. The fraction of sp³-hybridized carbons (Fsp3) is 0.250. The molecule has 0 aliphatic carbocycles. The molecule has 2 aromatic heterocycles. The molecule has 25 heavy (non-hydrogen) atoms. The Labute approximate surface area is 148 Å². The van der Waals surface area contributed by atoms with Crippen LogP contribution in [0.2, 0.25) is 0 Å². The third-order valence-electron chi connectivity index (χ3n) is 4.16. The Morgan fingerprint density at radius 2 is 2.16 bits per heavy atom. The molecule has 1 amide bonds. The van der Waals surface area contributed by atoms with Crippen molar-refractivity contribution in [3.63, 3.8) is 0 Å². The number of para-hydroxylation sites is 1. The van der Waals surface area contributed by atoms with E-state index in [0.717, 1.165) is 10.4 Å². The lowest BCUT2D eigenvalue weighted by atomic mass is 10.1. The number of benzene rings is 1. The molecular weight excluding hydrogens is 362 g/mol. The number of sulfonamides is 1. The van der Waals surface area contributed by atoms with Gasteiger partial charge in [0.1, 0.15) is 4.21 Å². The minimum atomic E-state index is -3.76. The number of nitrogens with one attached hydrogen (secondary N) is 1. The van der Waals surface area contributed by atoms with Crippen molar-refractivity contribution in [2.24, 2.45) is 0 Å². The number of nitrogens with zero attached hydrogens (tertiary/aromatic N) is 2. The van der Waals surface area contributed by atoms with Crippen LogP contribution in [-0.4, -0.2) is 30.9 Å². The quantitative estimate of drug-likeness (QED) is 0.757. The van der Waals surface area contributed by atoms with Gasteiger partial charge in [-0.1, -0.05) is 17.3 Å². The van der Waals surface area contributed by atoms with Crippen molar-refractivity contribution in [2.75, 3.05) is 11.3 Å². The summed E-state index contributed by atoms with van der Waals surface area (Å²) >= 11 is 1.24. The summed E-state index contributed by atoms with van der Waals surface area (Å²) in [6.07, 6.45) is 0.669. The number of carbonyl (C=O) groups excluding carboxylic acids is 1. The molecule has 0 saturated carbocycles. The average molecular weight is 377 g/mol. The lowest BCUT2D eigenvalue weighted by Crippen LogP contribution is -2.33. The molecule has 3 heterocycles. The van der Waals surface area contributed by atoms with Gasteiger partial charge in [-0.2, -0.15) is 0 Å². The Bertz CT molecular complexity index is 1070. The minimum Gasteiger partial charge on any atom is -0.354 e. The maximum Gasteiger partial charge on any atom is 0.272 e. The number of thiophene rings is 1. The van der Waals surface area contributed by atoms with Crippen molar-refractivity contribution in [1.29, 1.82) is 0 Å². The molecule has 0 unspecified atom stereocenters. The monoisotopic (exact) mass is 377 g/mol. The molecular formula is C16H15N3O4S2. The highest BCUT2D eigenvalue weighted by molar-refractivity contribution is 7.94. The molecule has 1 N–H and O–H groups in total. The Kier molecular flexibility index (Phi) is 3.77. The van der Waals surface area contributed by atoms with Gasteiger partial charge in [-0.05, 0) is 30.2 Å². The number of hydrogen-bond acceptors (Lipinski definition) is 6. The van der Waals surface area contributed by atoms with E-state index in [2.05, 4.69) is 9.88 Å². The average Bonchev–Trinajstić information content (AvgIpc) is 3.18. The van der Waals surface area contributed by atoms with Crippen molar-refractivity contribution < 1.29 is 17.7 Å². The molecule has 130 valence electrons. The van der Waals surface area contributed by atoms with Gasteiger partial charge < -0.3 is 9.42 Å². The number of amides is 1. The SMILES string of the molecule is CC(=O)N1CCc2sc(S(=O)(=O)Nc3noc4ccccc34)cc2C1. The summed E-state index contributed by atoms with van der Waals surface area (Å²) in [4.78, 5) is 14.2. The van der Waals surface area contributed by atoms with Gasteiger partial charge in [0.05, 0.1) is 5.39 Å². The molecule has 0 bridgehead atoms. The van der Waals surface area contributed by atoms with E-state index in [9.17, 15) is 13.2 Å². The van der Waals surface area contributed by atoms with Gasteiger partial charge in [0, 0.05) is 24.9 Å². The van der Waals surface area contributed by atoms with E-state index in [0.29, 0.717) is 30.5 Å². The standard InChI is InChI=1S/C16H15N3O4S2/c1-10(20)19-7-6-14-11(9-19)8-15(24-14)25(21,22)18-16-12-4-2-3-5-13(12)23-17-16/h2-5,8H,6-7,9H2,1H3,(H,17,18). The van der Waals surface area contributed by atoms with Crippen LogP contribution in [0, 0.1) is 0 Å². The number of hydrogen-bond donors (Lipinski definition) is 1. The summed E-state index contributed by atoms with van der Waals surface area (Å²) in [5.74, 6) is 0.167. The lowest BCUT2D eigenvalue weighted by molar-refractivity contribution is -0.129. The van der Waals surface area contributed by atoms with Crippen LogP contribution in [0.1, 0.15) is 17.4 Å². The van der Waals surface area contributed by atoms with Gasteiger partial charge in [-0.15, -0.1) is 11.3 Å². The first-order valence-corrected chi connectivity index (χ1v) is 9.98. The molecule has 0 saturated heterocycles. The van der Waals surface area contributed by atoms with E-state index >= 15 is 0 Å². The van der Waals surface area contributed by atoms with Gasteiger partial charge in [-0.25, -0.2) is 8.42 Å². The molecule has 0 spiro atoms. The number of fused-ring (bicyclic) bond motifs is 2. The van der Waals surface area contributed by atoms with Crippen LogP contribution < -0.4 is 4.72 Å². The maximum absolute atomic E-state index is 12.7. The zero-order valence-electron chi connectivity index (χ0n) is 13.4. The Balaban J connectivity index is 1.64. The molecule has 0 fully saturated rings. The minimum absolute atomic E-state index is 0.00607. The molecule has 0 radical (unpaired) electrons. The second-order valence-electron chi connectivity index (χ2n) is 5.84. The number of rotatable bonds is 3. The second-order valence-corrected chi connectivity index (χ2v) is 8.88. The van der Waals surface area contributed by atoms with E-state index in [4.69, 9.17) is 4.52 Å². The van der Waals surface area contributed by atoms with E-state index in [1.807, 2.05) is 0 Å². The maximum atomic E-state index is 12.7. The summed E-state index contributed by atoms with van der Waals surface area (Å²) in [5.41, 5.74) is 1.40. The highest BCUT2D eigenvalue weighted by Gasteiger charge is 2.26. The van der Waals surface area contributed by atoms with Crippen molar-refractivity contribution in [3.8, 4) is 0 Å². The van der Waals surface area contributed by atoms with Crippen molar-refractivity contribution in [2.45, 2.75) is 24.1 Å². The second kappa shape index (κ2) is 5.85. The number of anilines is 1. The predicted molar refractivity (Wildman–Crippen MR) is 93.9 cm³/mol. The van der Waals surface area contributed by atoms with Crippen LogP contribution in [0.3, 0.4) is 0 Å². The summed E-state index contributed by atoms with van der Waals surface area (Å²) in [5, 5.41) is 4.42. The summed E-state index contributed by atoms with van der Waals surface area (Å²) in [6, 6.07) is 8.69. The topological polar surface area (TPSA) is 92.5 Å². The summed E-state index contributed by atoms with van der Waals surface area (Å²) < 4.78 is 33.3. The first-order valence-electron chi connectivity index (χ1n) is 7.68. The van der Waals surface area contributed by atoms with Crippen LogP contribution in [0.15, 0.2) is 39.1 Å². The van der Waals surface area contributed by atoms with Crippen LogP contribution in [0.4, 0.5) is 5.82 Å². The zero-order valence-corrected chi connectivity index (χ0v) is 15.0. The largest absolute Gasteiger partial charge is 0.354 e. The molecule has 4 rings (SSSR count). The molecule has 1 aliphatic heterocycles. The first-order chi connectivity index (χ1) is 11.9. The normalized spacial score (nSPS) is 14.5. The molecule has 9 heteroatoms. The lowest BCUT2D eigenvalue weighted by Gasteiger charge is -2.25.